The molecule has 1 aliphatic rings. The van der Waals surface area contributed by atoms with Crippen molar-refractivity contribution in [2.75, 3.05) is 13.1 Å². The SMILES string of the molecule is CC(O)(c1nccs1)C1CCCNC1. The molecule has 4 heteroatoms. The minimum atomic E-state index is -0.762. The Morgan fingerprint density at radius 1 is 1.71 bits per heavy atom. The summed E-state index contributed by atoms with van der Waals surface area (Å²) in [5, 5.41) is 16.5. The molecule has 2 rings (SSSR count). The van der Waals surface area contributed by atoms with Gasteiger partial charge in [-0.3, -0.25) is 0 Å². The van der Waals surface area contributed by atoms with Gasteiger partial charge >= 0.3 is 0 Å². The second-order valence-electron chi connectivity index (χ2n) is 4.03. The van der Waals surface area contributed by atoms with E-state index >= 15 is 0 Å². The topological polar surface area (TPSA) is 45.2 Å². The second kappa shape index (κ2) is 3.96. The van der Waals surface area contributed by atoms with Crippen LogP contribution in [0.25, 0.3) is 0 Å². The van der Waals surface area contributed by atoms with Gasteiger partial charge in [-0.1, -0.05) is 0 Å². The third-order valence-electron chi connectivity index (χ3n) is 2.96. The number of nitrogens with zero attached hydrogens (tertiary/aromatic N) is 1. The zero-order chi connectivity index (χ0) is 10.0. The minimum absolute atomic E-state index is 0.294. The van der Waals surface area contributed by atoms with E-state index in [2.05, 4.69) is 10.3 Å². The van der Waals surface area contributed by atoms with Crippen molar-refractivity contribution in [1.82, 2.24) is 10.3 Å². The van der Waals surface area contributed by atoms with Gasteiger partial charge in [-0.05, 0) is 26.3 Å². The Labute approximate surface area is 88.2 Å². The third kappa shape index (κ3) is 1.82. The molecule has 0 spiro atoms. The maximum atomic E-state index is 10.4. The van der Waals surface area contributed by atoms with Crippen molar-refractivity contribution in [1.29, 1.82) is 0 Å². The van der Waals surface area contributed by atoms with Crippen LogP contribution in [-0.4, -0.2) is 23.2 Å². The highest BCUT2D eigenvalue weighted by molar-refractivity contribution is 7.09. The number of nitrogens with one attached hydrogen (secondary N) is 1. The molecule has 1 aromatic rings. The molecule has 78 valence electrons. The largest absolute Gasteiger partial charge is 0.383 e. The average Bonchev–Trinajstić information content (AvgIpc) is 2.72. The van der Waals surface area contributed by atoms with Gasteiger partial charge in [-0.25, -0.2) is 4.98 Å². The van der Waals surface area contributed by atoms with Crippen molar-refractivity contribution in [2.24, 2.45) is 5.92 Å². The molecular formula is C10H16N2OS. The first-order valence-electron chi connectivity index (χ1n) is 5.04. The van der Waals surface area contributed by atoms with Gasteiger partial charge in [-0.15, -0.1) is 11.3 Å². The number of hydrogen-bond donors (Lipinski definition) is 2. The lowest BCUT2D eigenvalue weighted by molar-refractivity contribution is -0.0158. The highest BCUT2D eigenvalue weighted by Crippen LogP contribution is 2.34. The van der Waals surface area contributed by atoms with Gasteiger partial charge in [0.2, 0.25) is 0 Å². The first-order valence-corrected chi connectivity index (χ1v) is 5.92. The van der Waals surface area contributed by atoms with E-state index in [1.807, 2.05) is 12.3 Å². The third-order valence-corrected chi connectivity index (χ3v) is 3.96. The van der Waals surface area contributed by atoms with Crippen LogP contribution in [0.2, 0.25) is 0 Å². The molecule has 0 amide bonds. The van der Waals surface area contributed by atoms with Crippen molar-refractivity contribution < 1.29 is 5.11 Å². The van der Waals surface area contributed by atoms with Crippen LogP contribution in [0.1, 0.15) is 24.8 Å². The van der Waals surface area contributed by atoms with E-state index < -0.39 is 5.60 Å². The van der Waals surface area contributed by atoms with Crippen LogP contribution in [0, 0.1) is 5.92 Å². The lowest BCUT2D eigenvalue weighted by atomic mass is 9.84. The fourth-order valence-corrected chi connectivity index (χ4v) is 2.76. The minimum Gasteiger partial charge on any atom is -0.383 e. The van der Waals surface area contributed by atoms with Crippen molar-refractivity contribution >= 4 is 11.3 Å². The van der Waals surface area contributed by atoms with Crippen molar-refractivity contribution in [3.8, 4) is 0 Å². The summed E-state index contributed by atoms with van der Waals surface area (Å²) in [6.45, 7) is 3.85. The molecular weight excluding hydrogens is 196 g/mol. The number of piperidine rings is 1. The highest BCUT2D eigenvalue weighted by Gasteiger charge is 2.36. The van der Waals surface area contributed by atoms with Crippen LogP contribution < -0.4 is 5.32 Å². The molecule has 0 bridgehead atoms. The van der Waals surface area contributed by atoms with Gasteiger partial charge < -0.3 is 10.4 Å². The zero-order valence-corrected chi connectivity index (χ0v) is 9.18. The molecule has 2 unspecified atom stereocenters. The highest BCUT2D eigenvalue weighted by atomic mass is 32.1. The number of aliphatic hydroxyl groups is 1. The summed E-state index contributed by atoms with van der Waals surface area (Å²) in [7, 11) is 0. The smallest absolute Gasteiger partial charge is 0.124 e. The van der Waals surface area contributed by atoms with Crippen LogP contribution in [-0.2, 0) is 5.60 Å². The number of hydrogen-bond acceptors (Lipinski definition) is 4. The van der Waals surface area contributed by atoms with Crippen LogP contribution in [0.15, 0.2) is 11.6 Å². The summed E-state index contributed by atoms with van der Waals surface area (Å²) in [5.41, 5.74) is -0.762. The zero-order valence-electron chi connectivity index (χ0n) is 8.36. The van der Waals surface area contributed by atoms with E-state index in [0.29, 0.717) is 5.92 Å². The summed E-state index contributed by atoms with van der Waals surface area (Å²) in [5.74, 6) is 0.294. The standard InChI is InChI=1S/C10H16N2OS/c1-10(13,9-12-5-6-14-9)8-3-2-4-11-7-8/h5-6,8,11,13H,2-4,7H2,1H3. The van der Waals surface area contributed by atoms with E-state index in [1.165, 1.54) is 11.3 Å². The lowest BCUT2D eigenvalue weighted by Gasteiger charge is -2.34. The first-order chi connectivity index (χ1) is 6.71. The van der Waals surface area contributed by atoms with E-state index in [0.717, 1.165) is 30.9 Å². The van der Waals surface area contributed by atoms with Gasteiger partial charge in [-0.2, -0.15) is 0 Å². The van der Waals surface area contributed by atoms with Gasteiger partial charge in [0.25, 0.3) is 0 Å². The quantitative estimate of drug-likeness (QED) is 0.778. The molecule has 2 N–H and O–H groups in total. The Bertz CT molecular complexity index is 278. The molecule has 0 aromatic carbocycles. The number of aromatic nitrogens is 1. The van der Waals surface area contributed by atoms with E-state index in [4.69, 9.17) is 0 Å². The second-order valence-corrected chi connectivity index (χ2v) is 4.92. The Balaban J connectivity index is 2.14. The molecule has 1 fully saturated rings. The van der Waals surface area contributed by atoms with E-state index in [-0.39, 0.29) is 0 Å². The summed E-state index contributed by atoms with van der Waals surface area (Å²) >= 11 is 1.53. The van der Waals surface area contributed by atoms with Crippen LogP contribution in [0.5, 0.6) is 0 Å². The van der Waals surface area contributed by atoms with Crippen molar-refractivity contribution in [2.45, 2.75) is 25.4 Å². The van der Waals surface area contributed by atoms with Gasteiger partial charge in [0.15, 0.2) is 0 Å². The van der Waals surface area contributed by atoms with Gasteiger partial charge in [0.1, 0.15) is 10.6 Å². The molecule has 2 atom stereocenters. The maximum Gasteiger partial charge on any atom is 0.124 e. The predicted octanol–water partition coefficient (Wildman–Crippen LogP) is 1.35. The van der Waals surface area contributed by atoms with Crippen molar-refractivity contribution in [3.63, 3.8) is 0 Å². The molecule has 1 saturated heterocycles. The Kier molecular flexibility index (Phi) is 2.85. The summed E-state index contributed by atoms with van der Waals surface area (Å²) in [6.07, 6.45) is 3.98. The molecule has 1 aromatic heterocycles. The Morgan fingerprint density at radius 2 is 2.57 bits per heavy atom. The molecule has 0 saturated carbocycles. The number of thiazole rings is 1. The van der Waals surface area contributed by atoms with Crippen molar-refractivity contribution in [3.05, 3.63) is 16.6 Å². The first kappa shape index (κ1) is 10.1. The fourth-order valence-electron chi connectivity index (χ4n) is 1.98. The Morgan fingerprint density at radius 3 is 3.14 bits per heavy atom. The van der Waals surface area contributed by atoms with Gasteiger partial charge in [0, 0.05) is 24.0 Å². The van der Waals surface area contributed by atoms with Crippen LogP contribution in [0.3, 0.4) is 0 Å². The molecule has 0 radical (unpaired) electrons. The predicted molar refractivity (Wildman–Crippen MR) is 57.3 cm³/mol. The van der Waals surface area contributed by atoms with E-state index in [9.17, 15) is 5.11 Å². The average molecular weight is 212 g/mol. The molecule has 14 heavy (non-hydrogen) atoms. The van der Waals surface area contributed by atoms with Crippen LogP contribution in [0.4, 0.5) is 0 Å². The monoisotopic (exact) mass is 212 g/mol. The molecule has 2 heterocycles. The molecule has 1 aliphatic heterocycles. The fraction of sp³-hybridized carbons (Fsp3) is 0.700. The molecule has 3 nitrogen and oxygen atoms in total. The summed E-state index contributed by atoms with van der Waals surface area (Å²) in [4.78, 5) is 4.20. The molecule has 0 aliphatic carbocycles. The van der Waals surface area contributed by atoms with Gasteiger partial charge in [0.05, 0.1) is 0 Å². The van der Waals surface area contributed by atoms with Crippen LogP contribution >= 0.6 is 11.3 Å². The Hall–Kier alpha value is -0.450. The number of rotatable bonds is 2. The maximum absolute atomic E-state index is 10.4. The summed E-state index contributed by atoms with van der Waals surface area (Å²) in [6, 6.07) is 0. The lowest BCUT2D eigenvalue weighted by Crippen LogP contribution is -2.42. The van der Waals surface area contributed by atoms with E-state index in [1.54, 1.807) is 6.20 Å². The normalized spacial score (nSPS) is 27.1. The summed E-state index contributed by atoms with van der Waals surface area (Å²) < 4.78 is 0.